The number of ether oxygens (including phenoxy) is 1. The van der Waals surface area contributed by atoms with Gasteiger partial charge in [-0.15, -0.1) is 0 Å². The highest BCUT2D eigenvalue weighted by Crippen LogP contribution is 2.19. The number of likely N-dealkylation sites (N-methyl/N-ethyl adjacent to an activating group) is 1. The first-order valence-electron chi connectivity index (χ1n) is 7.53. The van der Waals surface area contributed by atoms with Crippen molar-refractivity contribution in [2.24, 2.45) is 0 Å². The van der Waals surface area contributed by atoms with Crippen LogP contribution in [0.4, 0.5) is 4.39 Å². The van der Waals surface area contributed by atoms with Crippen molar-refractivity contribution in [2.75, 3.05) is 26.7 Å². The summed E-state index contributed by atoms with van der Waals surface area (Å²) in [7, 11) is 1.91. The number of hydrogen-bond donors (Lipinski definition) is 1. The number of nitrogens with zero attached hydrogens (tertiary/aromatic N) is 1. The zero-order valence-corrected chi connectivity index (χ0v) is 12.5. The van der Waals surface area contributed by atoms with Crippen molar-refractivity contribution in [1.82, 2.24) is 10.2 Å². The first-order valence-corrected chi connectivity index (χ1v) is 7.53. The monoisotopic (exact) mass is 294 g/mol. The van der Waals surface area contributed by atoms with Crippen LogP contribution in [0.3, 0.4) is 0 Å². The maximum atomic E-state index is 13.4. The lowest BCUT2D eigenvalue weighted by Crippen LogP contribution is -2.40. The van der Waals surface area contributed by atoms with Gasteiger partial charge in [0.2, 0.25) is 5.91 Å². The summed E-state index contributed by atoms with van der Waals surface area (Å²) in [4.78, 5) is 14.1. The van der Waals surface area contributed by atoms with Crippen molar-refractivity contribution in [3.8, 4) is 5.75 Å². The summed E-state index contributed by atoms with van der Waals surface area (Å²) in [5.41, 5.74) is 0. The second kappa shape index (κ2) is 7.98. The fourth-order valence-electron chi connectivity index (χ4n) is 2.72. The van der Waals surface area contributed by atoms with E-state index in [4.69, 9.17) is 4.74 Å². The van der Waals surface area contributed by atoms with Gasteiger partial charge in [-0.25, -0.2) is 4.39 Å². The molecule has 2 rings (SSSR count). The Kier molecular flexibility index (Phi) is 5.99. The molecule has 1 fully saturated rings. The smallest absolute Gasteiger partial charge is 0.222 e. The van der Waals surface area contributed by atoms with Gasteiger partial charge in [0.25, 0.3) is 0 Å². The number of benzene rings is 1. The largest absolute Gasteiger partial charge is 0.491 e. The summed E-state index contributed by atoms with van der Waals surface area (Å²) >= 11 is 0. The number of likely N-dealkylation sites (tertiary alicyclic amines) is 1. The standard InChI is InChI=1S/C16H23FN2O2/c1-18-12-13-6-4-10-19(13)16(20)9-5-11-21-15-8-3-2-7-14(15)17/h2-3,7-8,13,18H,4-6,9-12H2,1H3. The molecule has 21 heavy (non-hydrogen) atoms. The van der Waals surface area contributed by atoms with Gasteiger partial charge in [-0.2, -0.15) is 0 Å². The van der Waals surface area contributed by atoms with Crippen molar-refractivity contribution < 1.29 is 13.9 Å². The van der Waals surface area contributed by atoms with E-state index in [9.17, 15) is 9.18 Å². The summed E-state index contributed by atoms with van der Waals surface area (Å²) in [6, 6.07) is 6.64. The summed E-state index contributed by atoms with van der Waals surface area (Å²) in [5.74, 6) is 0.0570. The molecule has 0 saturated carbocycles. The molecule has 0 bridgehead atoms. The first kappa shape index (κ1) is 15.8. The molecule has 5 heteroatoms. The van der Waals surface area contributed by atoms with Crippen LogP contribution < -0.4 is 10.1 Å². The van der Waals surface area contributed by atoms with E-state index in [2.05, 4.69) is 5.32 Å². The maximum Gasteiger partial charge on any atom is 0.222 e. The molecule has 1 N–H and O–H groups in total. The second-order valence-electron chi connectivity index (χ2n) is 5.32. The average Bonchev–Trinajstić information content (AvgIpc) is 2.94. The third kappa shape index (κ3) is 4.43. The van der Waals surface area contributed by atoms with Gasteiger partial charge in [-0.3, -0.25) is 4.79 Å². The quantitative estimate of drug-likeness (QED) is 0.784. The summed E-state index contributed by atoms with van der Waals surface area (Å²) in [6.07, 6.45) is 3.20. The number of hydrogen-bond acceptors (Lipinski definition) is 3. The van der Waals surface area contributed by atoms with E-state index in [0.29, 0.717) is 25.5 Å². The van der Waals surface area contributed by atoms with Crippen LogP contribution in [0.15, 0.2) is 24.3 Å². The van der Waals surface area contributed by atoms with Crippen LogP contribution in [0.1, 0.15) is 25.7 Å². The Hall–Kier alpha value is -1.62. The number of halogens is 1. The first-order chi connectivity index (χ1) is 10.2. The lowest BCUT2D eigenvalue weighted by Gasteiger charge is -2.24. The molecule has 0 radical (unpaired) electrons. The molecule has 1 unspecified atom stereocenters. The van der Waals surface area contributed by atoms with Crippen molar-refractivity contribution in [2.45, 2.75) is 31.7 Å². The molecule has 1 aromatic carbocycles. The van der Waals surface area contributed by atoms with Crippen LogP contribution in [0.2, 0.25) is 0 Å². The molecule has 1 amide bonds. The van der Waals surface area contributed by atoms with Crippen molar-refractivity contribution >= 4 is 5.91 Å². The normalized spacial score (nSPS) is 18.0. The molecule has 1 heterocycles. The van der Waals surface area contributed by atoms with E-state index >= 15 is 0 Å². The predicted molar refractivity (Wildman–Crippen MR) is 79.8 cm³/mol. The minimum absolute atomic E-state index is 0.171. The lowest BCUT2D eigenvalue weighted by atomic mass is 10.2. The van der Waals surface area contributed by atoms with Crippen LogP contribution >= 0.6 is 0 Å². The Labute approximate surface area is 125 Å². The van der Waals surface area contributed by atoms with Gasteiger partial charge in [0.15, 0.2) is 11.6 Å². The number of amides is 1. The van der Waals surface area contributed by atoms with Gasteiger partial charge >= 0.3 is 0 Å². The van der Waals surface area contributed by atoms with Crippen molar-refractivity contribution in [3.05, 3.63) is 30.1 Å². The van der Waals surface area contributed by atoms with Crippen LogP contribution in [0.5, 0.6) is 5.75 Å². The number of carbonyl (C=O) groups is 1. The van der Waals surface area contributed by atoms with Crippen molar-refractivity contribution in [1.29, 1.82) is 0 Å². The summed E-state index contributed by atoms with van der Waals surface area (Å²) < 4.78 is 18.7. The Morgan fingerprint density at radius 1 is 1.48 bits per heavy atom. The maximum absolute atomic E-state index is 13.4. The molecular weight excluding hydrogens is 271 g/mol. The molecule has 1 atom stereocenters. The van der Waals surface area contributed by atoms with Gasteiger partial charge in [0.1, 0.15) is 0 Å². The fraction of sp³-hybridized carbons (Fsp3) is 0.562. The lowest BCUT2D eigenvalue weighted by molar-refractivity contribution is -0.132. The van der Waals surface area contributed by atoms with Crippen LogP contribution in [-0.4, -0.2) is 43.6 Å². The Morgan fingerprint density at radius 3 is 3.05 bits per heavy atom. The van der Waals surface area contributed by atoms with E-state index in [-0.39, 0.29) is 17.5 Å². The minimum atomic E-state index is -0.363. The molecule has 4 nitrogen and oxygen atoms in total. The third-order valence-electron chi connectivity index (χ3n) is 3.77. The fourth-order valence-corrected chi connectivity index (χ4v) is 2.72. The van der Waals surface area contributed by atoms with E-state index in [1.807, 2.05) is 11.9 Å². The topological polar surface area (TPSA) is 41.6 Å². The van der Waals surface area contributed by atoms with Gasteiger partial charge in [0, 0.05) is 25.6 Å². The van der Waals surface area contributed by atoms with Gasteiger partial charge in [0.05, 0.1) is 6.61 Å². The minimum Gasteiger partial charge on any atom is -0.491 e. The van der Waals surface area contributed by atoms with Crippen LogP contribution in [0.25, 0.3) is 0 Å². The number of nitrogens with one attached hydrogen (secondary N) is 1. The highest BCUT2D eigenvalue weighted by atomic mass is 19.1. The molecule has 116 valence electrons. The summed E-state index contributed by atoms with van der Waals surface area (Å²) in [5, 5.41) is 3.13. The second-order valence-corrected chi connectivity index (χ2v) is 5.32. The molecule has 1 saturated heterocycles. The molecular formula is C16H23FN2O2. The molecule has 1 aromatic rings. The van der Waals surface area contributed by atoms with Gasteiger partial charge in [-0.05, 0) is 38.4 Å². The average molecular weight is 294 g/mol. The Morgan fingerprint density at radius 2 is 2.29 bits per heavy atom. The van der Waals surface area contributed by atoms with E-state index < -0.39 is 0 Å². The van der Waals surface area contributed by atoms with E-state index in [1.54, 1.807) is 18.2 Å². The molecule has 0 aromatic heterocycles. The molecule has 1 aliphatic rings. The number of carbonyl (C=O) groups excluding carboxylic acids is 1. The van der Waals surface area contributed by atoms with E-state index in [0.717, 1.165) is 25.9 Å². The molecule has 0 aliphatic carbocycles. The van der Waals surface area contributed by atoms with E-state index in [1.165, 1.54) is 6.07 Å². The third-order valence-corrected chi connectivity index (χ3v) is 3.77. The number of para-hydroxylation sites is 1. The predicted octanol–water partition coefficient (Wildman–Crippen LogP) is 2.20. The van der Waals surface area contributed by atoms with Gasteiger partial charge < -0.3 is 15.0 Å². The summed E-state index contributed by atoms with van der Waals surface area (Å²) in [6.45, 7) is 2.05. The SMILES string of the molecule is CNCC1CCCN1C(=O)CCCOc1ccccc1F. The highest BCUT2D eigenvalue weighted by molar-refractivity contribution is 5.76. The molecule has 0 spiro atoms. The van der Waals surface area contributed by atoms with Crippen LogP contribution in [0, 0.1) is 5.82 Å². The Balaban J connectivity index is 1.71. The van der Waals surface area contributed by atoms with Crippen LogP contribution in [-0.2, 0) is 4.79 Å². The Bertz CT molecular complexity index is 467. The van der Waals surface area contributed by atoms with Crippen molar-refractivity contribution in [3.63, 3.8) is 0 Å². The zero-order valence-electron chi connectivity index (χ0n) is 12.5. The molecule has 1 aliphatic heterocycles. The zero-order chi connectivity index (χ0) is 15.1. The highest BCUT2D eigenvalue weighted by Gasteiger charge is 2.27. The number of rotatable bonds is 7. The van der Waals surface area contributed by atoms with Gasteiger partial charge in [-0.1, -0.05) is 12.1 Å².